The molecule has 1 fully saturated rings. The smallest absolute Gasteiger partial charge is 0.239 e. The van der Waals surface area contributed by atoms with Gasteiger partial charge in [-0.3, -0.25) is 4.79 Å². The molecule has 0 radical (unpaired) electrons. The molecule has 1 saturated heterocycles. The average Bonchev–Trinajstić information content (AvgIpc) is 2.29. The predicted molar refractivity (Wildman–Crippen MR) is 72.1 cm³/mol. The molecule has 1 aliphatic carbocycles. The Labute approximate surface area is 110 Å². The molecule has 3 nitrogen and oxygen atoms in total. The first-order chi connectivity index (χ1) is 7.63. The van der Waals surface area contributed by atoms with Gasteiger partial charge in [0.2, 0.25) is 5.91 Å². The molecule has 2 aliphatic rings. The fraction of sp³-hybridized carbons (Fsp3) is 0.769. The van der Waals surface area contributed by atoms with Gasteiger partial charge in [0.15, 0.2) is 0 Å². The van der Waals surface area contributed by atoms with Gasteiger partial charge < -0.3 is 10.6 Å². The summed E-state index contributed by atoms with van der Waals surface area (Å²) in [6.07, 6.45) is 10.5. The van der Waals surface area contributed by atoms with Crippen molar-refractivity contribution >= 4 is 18.3 Å². The topological polar surface area (TPSA) is 46.3 Å². The van der Waals surface area contributed by atoms with Crippen molar-refractivity contribution in [2.45, 2.75) is 45.1 Å². The molecule has 1 spiro atoms. The van der Waals surface area contributed by atoms with Gasteiger partial charge in [0.05, 0.1) is 6.04 Å². The second kappa shape index (κ2) is 5.87. The Kier molecular flexibility index (Phi) is 5.02. The number of likely N-dealkylation sites (tertiary alicyclic amines) is 1. The first-order valence-corrected chi connectivity index (χ1v) is 6.32. The van der Waals surface area contributed by atoms with Crippen LogP contribution >= 0.6 is 12.4 Å². The molecule has 1 amide bonds. The number of hydrogen-bond donors (Lipinski definition) is 1. The number of allylic oxidation sites excluding steroid dienone is 2. The zero-order valence-electron chi connectivity index (χ0n) is 10.5. The van der Waals surface area contributed by atoms with Gasteiger partial charge in [-0.05, 0) is 44.4 Å². The van der Waals surface area contributed by atoms with Crippen LogP contribution in [-0.4, -0.2) is 29.9 Å². The number of halogens is 1. The van der Waals surface area contributed by atoms with E-state index in [0.29, 0.717) is 5.41 Å². The van der Waals surface area contributed by atoms with E-state index in [0.717, 1.165) is 25.9 Å². The Hall–Kier alpha value is -0.540. The van der Waals surface area contributed by atoms with Crippen LogP contribution in [0.25, 0.3) is 0 Å². The van der Waals surface area contributed by atoms with Gasteiger partial charge in [0.25, 0.3) is 0 Å². The highest BCUT2D eigenvalue weighted by molar-refractivity contribution is 5.85. The van der Waals surface area contributed by atoms with E-state index >= 15 is 0 Å². The molecule has 2 rings (SSSR count). The zero-order valence-corrected chi connectivity index (χ0v) is 11.3. The van der Waals surface area contributed by atoms with Crippen molar-refractivity contribution < 1.29 is 4.79 Å². The van der Waals surface area contributed by atoms with Crippen LogP contribution < -0.4 is 5.73 Å². The van der Waals surface area contributed by atoms with E-state index in [4.69, 9.17) is 5.73 Å². The molecule has 0 saturated carbocycles. The molecular formula is C13H23ClN2O. The van der Waals surface area contributed by atoms with Crippen LogP contribution in [0.5, 0.6) is 0 Å². The third-order valence-corrected chi connectivity index (χ3v) is 3.92. The maximum absolute atomic E-state index is 11.9. The predicted octanol–water partition coefficient (Wildman–Crippen LogP) is 2.10. The minimum Gasteiger partial charge on any atom is -0.341 e. The van der Waals surface area contributed by atoms with E-state index in [2.05, 4.69) is 12.2 Å². The van der Waals surface area contributed by atoms with Crippen molar-refractivity contribution in [3.05, 3.63) is 12.2 Å². The minimum atomic E-state index is -0.353. The second-order valence-electron chi connectivity index (χ2n) is 5.37. The Balaban J connectivity index is 0.00000144. The maximum Gasteiger partial charge on any atom is 0.239 e. The lowest BCUT2D eigenvalue weighted by atomic mass is 9.71. The minimum absolute atomic E-state index is 0. The molecule has 2 atom stereocenters. The lowest BCUT2D eigenvalue weighted by Crippen LogP contribution is -2.50. The van der Waals surface area contributed by atoms with Crippen molar-refractivity contribution in [1.29, 1.82) is 0 Å². The molecule has 17 heavy (non-hydrogen) atoms. The number of hydrogen-bond acceptors (Lipinski definition) is 2. The van der Waals surface area contributed by atoms with E-state index in [-0.39, 0.29) is 24.4 Å². The summed E-state index contributed by atoms with van der Waals surface area (Å²) in [5.41, 5.74) is 6.04. The van der Waals surface area contributed by atoms with Crippen molar-refractivity contribution in [3.8, 4) is 0 Å². The molecule has 2 unspecified atom stereocenters. The molecule has 98 valence electrons. The van der Waals surface area contributed by atoms with E-state index in [1.54, 1.807) is 6.92 Å². The van der Waals surface area contributed by atoms with E-state index < -0.39 is 0 Å². The summed E-state index contributed by atoms with van der Waals surface area (Å²) in [4.78, 5) is 13.9. The molecule has 0 aromatic heterocycles. The highest BCUT2D eigenvalue weighted by Crippen LogP contribution is 2.40. The Bertz CT molecular complexity index is 304. The van der Waals surface area contributed by atoms with Gasteiger partial charge in [-0.15, -0.1) is 12.4 Å². The highest BCUT2D eigenvalue weighted by atomic mass is 35.5. The molecule has 0 aromatic carbocycles. The number of carbonyl (C=O) groups is 1. The Morgan fingerprint density at radius 3 is 2.76 bits per heavy atom. The van der Waals surface area contributed by atoms with Gasteiger partial charge in [-0.1, -0.05) is 12.2 Å². The summed E-state index contributed by atoms with van der Waals surface area (Å²) < 4.78 is 0. The average molecular weight is 259 g/mol. The molecule has 4 heteroatoms. The van der Waals surface area contributed by atoms with Crippen molar-refractivity contribution in [2.24, 2.45) is 11.1 Å². The number of nitrogens with two attached hydrogens (primary N) is 1. The van der Waals surface area contributed by atoms with Crippen LogP contribution in [0.2, 0.25) is 0 Å². The van der Waals surface area contributed by atoms with Crippen LogP contribution in [0.4, 0.5) is 0 Å². The van der Waals surface area contributed by atoms with Gasteiger partial charge in [0, 0.05) is 13.1 Å². The van der Waals surface area contributed by atoms with Crippen LogP contribution in [0.1, 0.15) is 39.0 Å². The normalized spacial score (nSPS) is 29.9. The van der Waals surface area contributed by atoms with E-state index in [1.807, 2.05) is 4.90 Å². The fourth-order valence-corrected chi connectivity index (χ4v) is 3.00. The van der Waals surface area contributed by atoms with Crippen LogP contribution in [-0.2, 0) is 4.79 Å². The number of amides is 1. The van der Waals surface area contributed by atoms with E-state index in [1.165, 1.54) is 19.3 Å². The van der Waals surface area contributed by atoms with Gasteiger partial charge >= 0.3 is 0 Å². The van der Waals surface area contributed by atoms with Gasteiger partial charge in [0.1, 0.15) is 0 Å². The molecular weight excluding hydrogens is 236 g/mol. The largest absolute Gasteiger partial charge is 0.341 e. The van der Waals surface area contributed by atoms with Crippen molar-refractivity contribution in [1.82, 2.24) is 4.90 Å². The summed E-state index contributed by atoms with van der Waals surface area (Å²) in [5.74, 6) is 0.119. The first kappa shape index (κ1) is 14.5. The molecule has 2 N–H and O–H groups in total. The molecule has 1 heterocycles. The summed E-state index contributed by atoms with van der Waals surface area (Å²) in [7, 11) is 0. The third kappa shape index (κ3) is 3.23. The van der Waals surface area contributed by atoms with Crippen LogP contribution in [0.3, 0.4) is 0 Å². The monoisotopic (exact) mass is 258 g/mol. The highest BCUT2D eigenvalue weighted by Gasteiger charge is 2.37. The first-order valence-electron chi connectivity index (χ1n) is 6.32. The molecule has 0 aromatic rings. The van der Waals surface area contributed by atoms with Crippen molar-refractivity contribution in [3.63, 3.8) is 0 Å². The van der Waals surface area contributed by atoms with Gasteiger partial charge in [-0.25, -0.2) is 0 Å². The molecule has 1 aliphatic heterocycles. The summed E-state index contributed by atoms with van der Waals surface area (Å²) in [6, 6.07) is -0.353. The fourth-order valence-electron chi connectivity index (χ4n) is 3.00. The van der Waals surface area contributed by atoms with Crippen molar-refractivity contribution in [2.75, 3.05) is 13.1 Å². The Morgan fingerprint density at radius 1 is 1.41 bits per heavy atom. The summed E-state index contributed by atoms with van der Waals surface area (Å²) in [5, 5.41) is 0. The SMILES string of the molecule is CC(N)C(=O)N1CCCC2(CC=CCC2)C1.Cl. The summed E-state index contributed by atoms with van der Waals surface area (Å²) >= 11 is 0. The molecule has 0 bridgehead atoms. The standard InChI is InChI=1S/C13H22N2O.ClH/c1-11(14)12(16)15-9-5-8-13(10-15)6-3-2-4-7-13;/h2-3,11H,4-10,14H2,1H3;1H. The number of carbonyl (C=O) groups excluding carboxylic acids is 1. The lowest BCUT2D eigenvalue weighted by molar-refractivity contribution is -0.135. The van der Waals surface area contributed by atoms with Crippen LogP contribution in [0.15, 0.2) is 12.2 Å². The third-order valence-electron chi connectivity index (χ3n) is 3.92. The summed E-state index contributed by atoms with van der Waals surface area (Å²) in [6.45, 7) is 3.59. The van der Waals surface area contributed by atoms with Crippen LogP contribution in [0, 0.1) is 5.41 Å². The second-order valence-corrected chi connectivity index (χ2v) is 5.37. The number of nitrogens with zero attached hydrogens (tertiary/aromatic N) is 1. The number of piperidine rings is 1. The lowest BCUT2D eigenvalue weighted by Gasteiger charge is -2.44. The maximum atomic E-state index is 11.9. The quantitative estimate of drug-likeness (QED) is 0.733. The number of rotatable bonds is 1. The zero-order chi connectivity index (χ0) is 11.6. The van der Waals surface area contributed by atoms with Gasteiger partial charge in [-0.2, -0.15) is 0 Å². The van der Waals surface area contributed by atoms with E-state index in [9.17, 15) is 4.79 Å². The Morgan fingerprint density at radius 2 is 2.18 bits per heavy atom.